The Morgan fingerprint density at radius 3 is 2.64 bits per heavy atom. The van der Waals surface area contributed by atoms with Crippen molar-refractivity contribution >= 4 is 22.9 Å². The highest BCUT2D eigenvalue weighted by Gasteiger charge is 2.09. The second-order valence-corrected chi connectivity index (χ2v) is 5.31. The smallest absolute Gasteiger partial charge is 0.271 e. The van der Waals surface area contributed by atoms with Crippen LogP contribution in [0.15, 0.2) is 59.7 Å². The third-order valence-electron chi connectivity index (χ3n) is 3.75. The molecule has 0 aromatic heterocycles. The number of carbonyl (C=O) groups excluding carboxylic acids is 1. The Balaban J connectivity index is 1.85. The summed E-state index contributed by atoms with van der Waals surface area (Å²) in [4.78, 5) is 12.1. The molecule has 6 nitrogen and oxygen atoms in total. The predicted octanol–water partition coefficient (Wildman–Crippen LogP) is 3.02. The third kappa shape index (κ3) is 3.37. The lowest BCUT2D eigenvalue weighted by Crippen LogP contribution is -2.17. The molecule has 0 saturated heterocycles. The average Bonchev–Trinajstić information content (AvgIpc) is 2.63. The molecule has 0 heterocycles. The minimum Gasteiger partial charge on any atom is -0.504 e. The van der Waals surface area contributed by atoms with Gasteiger partial charge in [0.1, 0.15) is 5.75 Å². The number of nitrogens with one attached hydrogen (secondary N) is 1. The van der Waals surface area contributed by atoms with Crippen LogP contribution < -0.4 is 10.2 Å². The summed E-state index contributed by atoms with van der Waals surface area (Å²) in [5.41, 5.74) is 3.32. The number of ether oxygens (including phenoxy) is 1. The van der Waals surface area contributed by atoms with E-state index < -0.39 is 5.91 Å². The summed E-state index contributed by atoms with van der Waals surface area (Å²) in [7, 11) is 1.57. The molecule has 6 heteroatoms. The molecule has 0 saturated carbocycles. The van der Waals surface area contributed by atoms with Gasteiger partial charge in [-0.2, -0.15) is 5.10 Å². The molecule has 0 atom stereocenters. The van der Waals surface area contributed by atoms with Crippen LogP contribution in [0.2, 0.25) is 0 Å². The maximum absolute atomic E-state index is 12.1. The van der Waals surface area contributed by atoms with Gasteiger partial charge in [0.25, 0.3) is 5.91 Å². The number of nitrogens with zero attached hydrogens (tertiary/aromatic N) is 1. The van der Waals surface area contributed by atoms with E-state index in [0.29, 0.717) is 5.75 Å². The van der Waals surface area contributed by atoms with E-state index in [1.165, 1.54) is 24.4 Å². The molecular formula is C19H16N2O4. The number of methoxy groups -OCH3 is 1. The molecule has 0 aliphatic carbocycles. The van der Waals surface area contributed by atoms with Gasteiger partial charge in [-0.3, -0.25) is 4.79 Å². The van der Waals surface area contributed by atoms with Gasteiger partial charge in [0.2, 0.25) is 0 Å². The van der Waals surface area contributed by atoms with Crippen molar-refractivity contribution in [3.05, 3.63) is 65.7 Å². The molecule has 25 heavy (non-hydrogen) atoms. The fraction of sp³-hybridized carbons (Fsp3) is 0.0526. The van der Waals surface area contributed by atoms with E-state index in [0.717, 1.165) is 16.3 Å². The Hall–Kier alpha value is -3.54. The summed E-state index contributed by atoms with van der Waals surface area (Å²) in [6.07, 6.45) is 1.51. The number of carbonyl (C=O) groups is 1. The minimum atomic E-state index is -0.509. The summed E-state index contributed by atoms with van der Waals surface area (Å²) in [6, 6.07) is 15.3. The number of hydrazone groups is 1. The predicted molar refractivity (Wildman–Crippen MR) is 95.3 cm³/mol. The van der Waals surface area contributed by atoms with Crippen LogP contribution in [0.3, 0.4) is 0 Å². The van der Waals surface area contributed by atoms with Gasteiger partial charge < -0.3 is 14.9 Å². The first-order valence-corrected chi connectivity index (χ1v) is 7.51. The van der Waals surface area contributed by atoms with E-state index in [2.05, 4.69) is 10.5 Å². The van der Waals surface area contributed by atoms with Crippen molar-refractivity contribution in [2.75, 3.05) is 7.11 Å². The molecule has 1 amide bonds. The Kier molecular flexibility index (Phi) is 4.52. The highest BCUT2D eigenvalue weighted by molar-refractivity contribution is 6.03. The van der Waals surface area contributed by atoms with Crippen LogP contribution in [-0.2, 0) is 0 Å². The SMILES string of the molecule is COc1ccc2ccccc2c1/C=N/NC(=O)c1ccc(O)c(O)c1. The van der Waals surface area contributed by atoms with Crippen molar-refractivity contribution in [1.29, 1.82) is 0 Å². The Morgan fingerprint density at radius 1 is 1.08 bits per heavy atom. The number of phenols is 2. The van der Waals surface area contributed by atoms with Crippen molar-refractivity contribution < 1.29 is 19.7 Å². The van der Waals surface area contributed by atoms with Crippen molar-refractivity contribution in [2.24, 2.45) is 5.10 Å². The van der Waals surface area contributed by atoms with Crippen molar-refractivity contribution in [1.82, 2.24) is 5.43 Å². The first-order chi connectivity index (χ1) is 12.1. The molecule has 3 aromatic carbocycles. The topological polar surface area (TPSA) is 91.2 Å². The van der Waals surface area contributed by atoms with Gasteiger partial charge in [0, 0.05) is 11.1 Å². The number of hydrogen-bond donors (Lipinski definition) is 3. The molecule has 3 aromatic rings. The van der Waals surface area contributed by atoms with E-state index in [9.17, 15) is 15.0 Å². The summed E-state index contributed by atoms with van der Waals surface area (Å²) in [6.45, 7) is 0. The summed E-state index contributed by atoms with van der Waals surface area (Å²) < 4.78 is 5.36. The number of amides is 1. The van der Waals surface area contributed by atoms with Gasteiger partial charge in [-0.15, -0.1) is 0 Å². The molecule has 0 fully saturated rings. The molecule has 0 unspecified atom stereocenters. The Labute approximate surface area is 144 Å². The van der Waals surface area contributed by atoms with Crippen molar-refractivity contribution in [3.8, 4) is 17.2 Å². The molecule has 0 aliphatic rings. The maximum Gasteiger partial charge on any atom is 0.271 e. The first-order valence-electron chi connectivity index (χ1n) is 7.51. The summed E-state index contributed by atoms with van der Waals surface area (Å²) >= 11 is 0. The minimum absolute atomic E-state index is 0.178. The number of aromatic hydroxyl groups is 2. The van der Waals surface area contributed by atoms with Crippen LogP contribution >= 0.6 is 0 Å². The van der Waals surface area contributed by atoms with Crippen LogP contribution in [0.25, 0.3) is 10.8 Å². The highest BCUT2D eigenvalue weighted by atomic mass is 16.5. The zero-order valence-electron chi connectivity index (χ0n) is 13.4. The van der Waals surface area contributed by atoms with Crippen LogP contribution in [-0.4, -0.2) is 29.4 Å². The molecular weight excluding hydrogens is 320 g/mol. The number of phenolic OH excluding ortho intramolecular Hbond substituents is 2. The van der Waals surface area contributed by atoms with Gasteiger partial charge >= 0.3 is 0 Å². The Morgan fingerprint density at radius 2 is 1.88 bits per heavy atom. The first kappa shape index (κ1) is 16.3. The summed E-state index contributed by atoms with van der Waals surface area (Å²) in [5.74, 6) is -0.530. The van der Waals surface area contributed by atoms with Crippen LogP contribution in [0.5, 0.6) is 17.2 Å². The summed E-state index contributed by atoms with van der Waals surface area (Å²) in [5, 5.41) is 24.7. The van der Waals surface area contributed by atoms with E-state index in [1.54, 1.807) is 7.11 Å². The average molecular weight is 336 g/mol. The maximum atomic E-state index is 12.1. The zero-order chi connectivity index (χ0) is 17.8. The van der Waals surface area contributed by atoms with E-state index in [4.69, 9.17) is 4.74 Å². The quantitative estimate of drug-likeness (QED) is 0.388. The largest absolute Gasteiger partial charge is 0.504 e. The van der Waals surface area contributed by atoms with Gasteiger partial charge in [-0.1, -0.05) is 30.3 Å². The van der Waals surface area contributed by atoms with E-state index in [1.807, 2.05) is 36.4 Å². The zero-order valence-corrected chi connectivity index (χ0v) is 13.4. The molecule has 126 valence electrons. The van der Waals surface area contributed by atoms with Gasteiger partial charge in [-0.05, 0) is 35.0 Å². The van der Waals surface area contributed by atoms with Crippen molar-refractivity contribution in [3.63, 3.8) is 0 Å². The molecule has 0 spiro atoms. The monoisotopic (exact) mass is 336 g/mol. The standard InChI is InChI=1S/C19H16N2O4/c1-25-18-9-7-12-4-2-3-5-14(12)15(18)11-20-21-19(24)13-6-8-16(22)17(23)10-13/h2-11,22-23H,1H3,(H,21,24)/b20-11+. The molecule has 0 aliphatic heterocycles. The van der Waals surface area contributed by atoms with E-state index in [-0.39, 0.29) is 17.1 Å². The van der Waals surface area contributed by atoms with E-state index >= 15 is 0 Å². The lowest BCUT2D eigenvalue weighted by Gasteiger charge is -2.08. The van der Waals surface area contributed by atoms with Crippen LogP contribution in [0.4, 0.5) is 0 Å². The molecule has 3 N–H and O–H groups in total. The lowest BCUT2D eigenvalue weighted by atomic mass is 10.0. The lowest BCUT2D eigenvalue weighted by molar-refractivity contribution is 0.0954. The number of rotatable bonds is 4. The fourth-order valence-corrected chi connectivity index (χ4v) is 2.47. The second kappa shape index (κ2) is 6.92. The fourth-order valence-electron chi connectivity index (χ4n) is 2.47. The Bertz CT molecular complexity index is 967. The van der Waals surface area contributed by atoms with Gasteiger partial charge in [0.05, 0.1) is 13.3 Å². The molecule has 0 bridgehead atoms. The number of benzene rings is 3. The molecule has 3 rings (SSSR count). The second-order valence-electron chi connectivity index (χ2n) is 5.31. The normalized spacial score (nSPS) is 10.9. The number of fused-ring (bicyclic) bond motifs is 1. The van der Waals surface area contributed by atoms with Gasteiger partial charge in [0.15, 0.2) is 11.5 Å². The molecule has 0 radical (unpaired) electrons. The van der Waals surface area contributed by atoms with Crippen molar-refractivity contribution in [2.45, 2.75) is 0 Å². The van der Waals surface area contributed by atoms with Crippen LogP contribution in [0.1, 0.15) is 15.9 Å². The van der Waals surface area contributed by atoms with Gasteiger partial charge in [-0.25, -0.2) is 5.43 Å². The number of hydrogen-bond acceptors (Lipinski definition) is 5. The highest BCUT2D eigenvalue weighted by Crippen LogP contribution is 2.26. The van der Waals surface area contributed by atoms with Crippen LogP contribution in [0, 0.1) is 0 Å². The third-order valence-corrected chi connectivity index (χ3v) is 3.75.